The summed E-state index contributed by atoms with van der Waals surface area (Å²) in [5.41, 5.74) is 0. The minimum atomic E-state index is 0.906. The molecule has 2 nitrogen and oxygen atoms in total. The molecular formula is C10H10O2S3. The van der Waals surface area contributed by atoms with Gasteiger partial charge in [-0.3, -0.25) is 0 Å². The van der Waals surface area contributed by atoms with Crippen LogP contribution in [0.3, 0.4) is 0 Å². The Morgan fingerprint density at radius 3 is 1.80 bits per heavy atom. The lowest BCUT2D eigenvalue weighted by Crippen LogP contribution is -1.70. The summed E-state index contributed by atoms with van der Waals surface area (Å²) < 4.78 is 10.4. The van der Waals surface area contributed by atoms with Gasteiger partial charge in [-0.25, -0.2) is 0 Å². The predicted molar refractivity (Wildman–Crippen MR) is 67.6 cm³/mol. The van der Waals surface area contributed by atoms with Crippen LogP contribution >= 0.6 is 31.4 Å². The van der Waals surface area contributed by atoms with E-state index in [9.17, 15) is 0 Å². The lowest BCUT2D eigenvalue weighted by atomic mass is 10.5. The Bertz CT molecular complexity index is 320. The van der Waals surface area contributed by atoms with Gasteiger partial charge in [0.1, 0.15) is 11.5 Å². The van der Waals surface area contributed by atoms with Crippen molar-refractivity contribution in [2.24, 2.45) is 0 Å². The molecule has 0 N–H and O–H groups in total. The van der Waals surface area contributed by atoms with Crippen LogP contribution in [-0.2, 0) is 11.5 Å². The van der Waals surface area contributed by atoms with E-state index in [-0.39, 0.29) is 0 Å². The second-order valence-electron chi connectivity index (χ2n) is 2.75. The first kappa shape index (κ1) is 11.1. The van der Waals surface area contributed by atoms with Crippen LogP contribution in [0.5, 0.6) is 0 Å². The van der Waals surface area contributed by atoms with Crippen molar-refractivity contribution in [3.05, 3.63) is 48.3 Å². The highest BCUT2D eigenvalue weighted by Crippen LogP contribution is 2.38. The topological polar surface area (TPSA) is 26.3 Å². The summed E-state index contributed by atoms with van der Waals surface area (Å²) in [6.07, 6.45) is 3.41. The Balaban J connectivity index is 1.56. The highest BCUT2D eigenvalue weighted by molar-refractivity contribution is 9.09. The summed E-state index contributed by atoms with van der Waals surface area (Å²) >= 11 is 0. The van der Waals surface area contributed by atoms with Crippen LogP contribution in [0.1, 0.15) is 11.5 Å². The maximum atomic E-state index is 5.22. The van der Waals surface area contributed by atoms with Gasteiger partial charge in [0.2, 0.25) is 0 Å². The fourth-order valence-corrected chi connectivity index (χ4v) is 4.38. The molecule has 0 radical (unpaired) electrons. The van der Waals surface area contributed by atoms with Crippen LogP contribution in [0.25, 0.3) is 0 Å². The molecule has 80 valence electrons. The van der Waals surface area contributed by atoms with Gasteiger partial charge >= 0.3 is 0 Å². The molecule has 15 heavy (non-hydrogen) atoms. The molecule has 0 bridgehead atoms. The van der Waals surface area contributed by atoms with Gasteiger partial charge in [0, 0.05) is 0 Å². The maximum Gasteiger partial charge on any atom is 0.114 e. The average Bonchev–Trinajstić information content (AvgIpc) is 2.88. The molecule has 0 saturated heterocycles. The third-order valence-corrected chi connectivity index (χ3v) is 5.67. The van der Waals surface area contributed by atoms with E-state index in [1.54, 1.807) is 43.9 Å². The molecule has 0 spiro atoms. The summed E-state index contributed by atoms with van der Waals surface area (Å²) in [5.74, 6) is 3.85. The Kier molecular flexibility index (Phi) is 4.63. The maximum absolute atomic E-state index is 5.22. The van der Waals surface area contributed by atoms with Gasteiger partial charge in [-0.1, -0.05) is 21.6 Å². The van der Waals surface area contributed by atoms with Gasteiger partial charge in [0.25, 0.3) is 0 Å². The molecule has 0 aliphatic carbocycles. The van der Waals surface area contributed by atoms with Crippen molar-refractivity contribution in [1.29, 1.82) is 0 Å². The van der Waals surface area contributed by atoms with Crippen molar-refractivity contribution in [3.8, 4) is 0 Å². The molecule has 2 rings (SSSR count). The molecule has 0 unspecified atom stereocenters. The van der Waals surface area contributed by atoms with E-state index in [1.807, 2.05) is 24.3 Å². The molecular weight excluding hydrogens is 248 g/mol. The Hall–Kier alpha value is -0.390. The van der Waals surface area contributed by atoms with E-state index in [4.69, 9.17) is 8.83 Å². The molecule has 2 heterocycles. The Morgan fingerprint density at radius 1 is 0.867 bits per heavy atom. The molecule has 0 aliphatic heterocycles. The van der Waals surface area contributed by atoms with E-state index in [0.717, 1.165) is 23.0 Å². The van der Waals surface area contributed by atoms with Gasteiger partial charge in [0.15, 0.2) is 0 Å². The van der Waals surface area contributed by atoms with E-state index in [1.165, 1.54) is 0 Å². The molecule has 2 aromatic heterocycles. The Morgan fingerprint density at radius 2 is 1.40 bits per heavy atom. The van der Waals surface area contributed by atoms with Crippen LogP contribution in [0, 0.1) is 0 Å². The number of rotatable bonds is 6. The quantitative estimate of drug-likeness (QED) is 0.557. The summed E-state index contributed by atoms with van der Waals surface area (Å²) in [6, 6.07) is 7.81. The second kappa shape index (κ2) is 6.25. The largest absolute Gasteiger partial charge is 0.468 e. The lowest BCUT2D eigenvalue weighted by Gasteiger charge is -1.96. The van der Waals surface area contributed by atoms with Gasteiger partial charge in [-0.15, -0.1) is 0 Å². The van der Waals surface area contributed by atoms with Crippen molar-refractivity contribution in [2.45, 2.75) is 11.5 Å². The van der Waals surface area contributed by atoms with Crippen LogP contribution in [0.15, 0.2) is 45.6 Å². The second-order valence-corrected chi connectivity index (χ2v) is 6.98. The van der Waals surface area contributed by atoms with Gasteiger partial charge in [0.05, 0.1) is 24.0 Å². The molecule has 0 aliphatic rings. The first-order valence-corrected chi connectivity index (χ1v) is 8.23. The number of furan rings is 2. The van der Waals surface area contributed by atoms with Crippen LogP contribution < -0.4 is 0 Å². The van der Waals surface area contributed by atoms with Crippen molar-refractivity contribution >= 4 is 31.4 Å². The minimum Gasteiger partial charge on any atom is -0.468 e. The fourth-order valence-electron chi connectivity index (χ4n) is 0.988. The smallest absolute Gasteiger partial charge is 0.114 e. The molecule has 5 heteroatoms. The van der Waals surface area contributed by atoms with Crippen molar-refractivity contribution in [1.82, 2.24) is 0 Å². The zero-order valence-electron chi connectivity index (χ0n) is 7.92. The molecule has 0 fully saturated rings. The molecule has 0 amide bonds. The van der Waals surface area contributed by atoms with E-state index < -0.39 is 0 Å². The SMILES string of the molecule is c1coc(CSSSCc2ccco2)c1. The van der Waals surface area contributed by atoms with Crippen molar-refractivity contribution in [3.63, 3.8) is 0 Å². The van der Waals surface area contributed by atoms with Gasteiger partial charge < -0.3 is 8.83 Å². The third kappa shape index (κ3) is 3.93. The molecule has 0 atom stereocenters. The van der Waals surface area contributed by atoms with Gasteiger partial charge in [-0.05, 0) is 34.1 Å². The van der Waals surface area contributed by atoms with Crippen molar-refractivity contribution in [2.75, 3.05) is 0 Å². The monoisotopic (exact) mass is 258 g/mol. The highest BCUT2D eigenvalue weighted by atomic mass is 33.5. The normalized spacial score (nSPS) is 10.7. The fraction of sp³-hybridized carbons (Fsp3) is 0.200. The highest BCUT2D eigenvalue weighted by Gasteiger charge is 1.99. The lowest BCUT2D eigenvalue weighted by molar-refractivity contribution is 0.530. The van der Waals surface area contributed by atoms with E-state index in [0.29, 0.717) is 0 Å². The molecule has 0 saturated carbocycles. The van der Waals surface area contributed by atoms with Crippen molar-refractivity contribution < 1.29 is 8.83 Å². The van der Waals surface area contributed by atoms with Gasteiger partial charge in [-0.2, -0.15) is 0 Å². The average molecular weight is 258 g/mol. The van der Waals surface area contributed by atoms with E-state index in [2.05, 4.69) is 0 Å². The number of hydrogen-bond acceptors (Lipinski definition) is 5. The summed E-state index contributed by atoms with van der Waals surface area (Å²) in [5, 5.41) is 0. The molecule has 2 aromatic rings. The Labute approximate surface area is 100.0 Å². The predicted octanol–water partition coefficient (Wildman–Crippen LogP) is 4.60. The van der Waals surface area contributed by atoms with E-state index >= 15 is 0 Å². The standard InChI is InChI=1S/C10H10O2S3/c1-3-9(11-5-1)7-13-15-14-8-10-4-2-6-12-10/h1-6H,7-8H2. The zero-order valence-corrected chi connectivity index (χ0v) is 10.4. The molecule has 0 aromatic carbocycles. The number of hydrogen-bond donors (Lipinski definition) is 0. The first-order valence-electron chi connectivity index (χ1n) is 4.41. The minimum absolute atomic E-state index is 0.906. The summed E-state index contributed by atoms with van der Waals surface area (Å²) in [7, 11) is 5.32. The third-order valence-electron chi connectivity index (χ3n) is 1.66. The zero-order chi connectivity index (χ0) is 10.3. The summed E-state index contributed by atoms with van der Waals surface area (Å²) in [4.78, 5) is 0. The van der Waals surface area contributed by atoms with Crippen LogP contribution in [-0.4, -0.2) is 0 Å². The summed E-state index contributed by atoms with van der Waals surface area (Å²) in [6.45, 7) is 0. The van der Waals surface area contributed by atoms with Crippen LogP contribution in [0.2, 0.25) is 0 Å². The first-order chi connectivity index (χ1) is 7.45. The van der Waals surface area contributed by atoms with Crippen LogP contribution in [0.4, 0.5) is 0 Å².